The van der Waals surface area contributed by atoms with Gasteiger partial charge in [-0.05, 0) is 13.1 Å². The molecule has 18 heteroatoms. The minimum absolute atomic E-state index is 0.420. The van der Waals surface area contributed by atoms with Crippen molar-refractivity contribution in [3.8, 4) is 0 Å². The summed E-state index contributed by atoms with van der Waals surface area (Å²) < 4.78 is 166. The maximum Gasteiger partial charge on any atom is 0.410 e. The Morgan fingerprint density at radius 3 is 0.679 bits per heavy atom. The van der Waals surface area contributed by atoms with Crippen LogP contribution in [0.2, 0.25) is 13.1 Å². The van der Waals surface area contributed by atoms with E-state index < -0.39 is 67.3 Å². The quantitative estimate of drug-likeness (QED) is 0.358. The molecule has 0 unspecified atom stereocenters. The molecule has 0 aliphatic heterocycles. The SMILES string of the molecule is C[Si](OCC(F)(F)F)(OCC(F)(F)F)[Si](C)(OCC(F)(F)F)OCC(F)(F)F. The van der Waals surface area contributed by atoms with Crippen molar-refractivity contribution in [2.45, 2.75) is 37.8 Å². The van der Waals surface area contributed by atoms with Crippen LogP contribution in [0.15, 0.2) is 0 Å². The summed E-state index contributed by atoms with van der Waals surface area (Å²) in [6.07, 6.45) is -20.7. The Kier molecular flexibility index (Phi) is 8.88. The molecule has 0 heterocycles. The van der Waals surface area contributed by atoms with Gasteiger partial charge in [0.1, 0.15) is 26.4 Å². The molecule has 0 aromatic heterocycles. The van der Waals surface area contributed by atoms with Crippen LogP contribution in [0.1, 0.15) is 0 Å². The fourth-order valence-electron chi connectivity index (χ4n) is 1.49. The molecule has 0 N–H and O–H groups in total. The first-order chi connectivity index (χ1) is 12.1. The van der Waals surface area contributed by atoms with E-state index in [0.29, 0.717) is 13.1 Å². The van der Waals surface area contributed by atoms with Gasteiger partial charge in [-0.15, -0.1) is 0 Å². The van der Waals surface area contributed by atoms with Gasteiger partial charge in [-0.2, -0.15) is 52.7 Å². The smallest absolute Gasteiger partial charge is 0.384 e. The van der Waals surface area contributed by atoms with Crippen LogP contribution < -0.4 is 0 Å². The second-order valence-corrected chi connectivity index (χ2v) is 15.9. The molecule has 0 saturated carbocycles. The van der Waals surface area contributed by atoms with E-state index in [1.165, 1.54) is 0 Å². The van der Waals surface area contributed by atoms with Gasteiger partial charge in [0.25, 0.3) is 0 Å². The third-order valence-corrected chi connectivity index (χ3v) is 14.0. The minimum atomic E-state index is -5.17. The van der Waals surface area contributed by atoms with Crippen molar-refractivity contribution in [3.05, 3.63) is 0 Å². The van der Waals surface area contributed by atoms with E-state index in [1.54, 1.807) is 0 Å². The standard InChI is InChI=1S/C10H14F12O4Si2/c1-27(23-3-7(11,12)13,24-4-8(14,15)16)28(2,25-5-9(17,18)19)26-6-10(20,21)22/h3-6H2,1-2H3. The van der Waals surface area contributed by atoms with E-state index >= 15 is 0 Å². The monoisotopic (exact) mass is 482 g/mol. The highest BCUT2D eigenvalue weighted by atomic mass is 29.3. The van der Waals surface area contributed by atoms with Crippen LogP contribution in [0.3, 0.4) is 0 Å². The van der Waals surface area contributed by atoms with Gasteiger partial charge in [-0.25, -0.2) is 0 Å². The van der Waals surface area contributed by atoms with Crippen LogP contribution in [0.4, 0.5) is 52.7 Å². The second-order valence-electron chi connectivity index (χ2n) is 5.51. The lowest BCUT2D eigenvalue weighted by Crippen LogP contribution is -2.69. The Bertz CT molecular complexity index is 407. The van der Waals surface area contributed by atoms with Gasteiger partial charge in [0, 0.05) is 0 Å². The van der Waals surface area contributed by atoms with Crippen LogP contribution in [0.25, 0.3) is 0 Å². The molecule has 28 heavy (non-hydrogen) atoms. The Morgan fingerprint density at radius 1 is 0.429 bits per heavy atom. The molecule has 0 saturated heterocycles. The highest BCUT2D eigenvalue weighted by molar-refractivity contribution is 7.31. The van der Waals surface area contributed by atoms with Crippen molar-refractivity contribution in [3.63, 3.8) is 0 Å². The van der Waals surface area contributed by atoms with Gasteiger partial charge in [0.05, 0.1) is 0 Å². The van der Waals surface area contributed by atoms with E-state index in [-0.39, 0.29) is 0 Å². The first-order valence-electron chi connectivity index (χ1n) is 6.90. The lowest BCUT2D eigenvalue weighted by atomic mass is 10.7. The number of halogens is 12. The minimum Gasteiger partial charge on any atom is -0.384 e. The van der Waals surface area contributed by atoms with Crippen molar-refractivity contribution in [2.75, 3.05) is 26.4 Å². The van der Waals surface area contributed by atoms with Crippen LogP contribution >= 0.6 is 0 Å². The molecule has 0 radical (unpaired) electrons. The molecule has 0 aromatic rings. The molecule has 0 aliphatic carbocycles. The molecule has 0 atom stereocenters. The predicted octanol–water partition coefficient (Wildman–Crippen LogP) is 4.52. The average Bonchev–Trinajstić information content (AvgIpc) is 2.44. The lowest BCUT2D eigenvalue weighted by molar-refractivity contribution is -0.178. The Hall–Kier alpha value is -0.566. The Labute approximate surface area is 152 Å². The zero-order chi connectivity index (χ0) is 22.7. The van der Waals surface area contributed by atoms with Gasteiger partial charge in [-0.3, -0.25) is 0 Å². The van der Waals surface area contributed by atoms with E-state index in [4.69, 9.17) is 0 Å². The van der Waals surface area contributed by atoms with Gasteiger partial charge >= 0.3 is 40.9 Å². The summed E-state index contributed by atoms with van der Waals surface area (Å²) in [5.41, 5.74) is 0. The third-order valence-electron chi connectivity index (χ3n) is 2.87. The van der Waals surface area contributed by atoms with E-state index in [2.05, 4.69) is 17.7 Å². The molecular formula is C10H14F12O4Si2. The maximum atomic E-state index is 12.4. The van der Waals surface area contributed by atoms with Gasteiger partial charge in [0.15, 0.2) is 0 Å². The van der Waals surface area contributed by atoms with E-state index in [9.17, 15) is 52.7 Å². The van der Waals surface area contributed by atoms with E-state index in [1.807, 2.05) is 0 Å². The Balaban J connectivity index is 5.85. The molecule has 0 spiro atoms. The molecule has 170 valence electrons. The molecule has 4 nitrogen and oxygen atoms in total. The molecular weight excluding hydrogens is 468 g/mol. The summed E-state index contributed by atoms with van der Waals surface area (Å²) >= 11 is 0. The lowest BCUT2D eigenvalue weighted by Gasteiger charge is -2.40. The summed E-state index contributed by atoms with van der Waals surface area (Å²) in [6, 6.07) is 0. The summed E-state index contributed by atoms with van der Waals surface area (Å²) in [6.45, 7) is -8.32. The molecule has 0 fully saturated rings. The van der Waals surface area contributed by atoms with Crippen LogP contribution in [-0.4, -0.2) is 67.3 Å². The average molecular weight is 482 g/mol. The molecule has 0 rings (SSSR count). The third kappa shape index (κ3) is 11.4. The highest BCUT2D eigenvalue weighted by Gasteiger charge is 2.62. The van der Waals surface area contributed by atoms with Crippen molar-refractivity contribution in [1.29, 1.82) is 0 Å². The zero-order valence-corrected chi connectivity index (χ0v) is 16.0. The fraction of sp³-hybridized carbons (Fsp3) is 1.00. The van der Waals surface area contributed by atoms with Gasteiger partial charge < -0.3 is 17.7 Å². The molecule has 0 aliphatic rings. The van der Waals surface area contributed by atoms with Crippen LogP contribution in [-0.2, 0) is 17.7 Å². The highest BCUT2D eigenvalue weighted by Crippen LogP contribution is 2.32. The van der Waals surface area contributed by atoms with Crippen LogP contribution in [0.5, 0.6) is 0 Å². The first-order valence-corrected chi connectivity index (χ1v) is 12.5. The summed E-state index contributed by atoms with van der Waals surface area (Å²) in [4.78, 5) is 0. The van der Waals surface area contributed by atoms with Crippen molar-refractivity contribution >= 4 is 16.2 Å². The summed E-state index contributed by atoms with van der Waals surface area (Å²) in [7, 11) is -10.3. The second kappa shape index (κ2) is 9.06. The molecule has 0 bridgehead atoms. The number of alkyl halides is 12. The number of hydrogen-bond acceptors (Lipinski definition) is 4. The van der Waals surface area contributed by atoms with Crippen molar-refractivity contribution in [2.24, 2.45) is 0 Å². The Morgan fingerprint density at radius 2 is 0.571 bits per heavy atom. The summed E-state index contributed by atoms with van der Waals surface area (Å²) in [5, 5.41) is 0. The predicted molar refractivity (Wildman–Crippen MR) is 71.3 cm³/mol. The first kappa shape index (κ1) is 27.4. The topological polar surface area (TPSA) is 36.9 Å². The largest absolute Gasteiger partial charge is 0.410 e. The normalized spacial score (nSPS) is 15.2. The van der Waals surface area contributed by atoms with E-state index in [0.717, 1.165) is 0 Å². The zero-order valence-electron chi connectivity index (χ0n) is 14.0. The van der Waals surface area contributed by atoms with Crippen molar-refractivity contribution < 1.29 is 70.4 Å². The molecule has 0 aromatic carbocycles. The molecule has 0 amide bonds. The van der Waals surface area contributed by atoms with Crippen LogP contribution in [0, 0.1) is 0 Å². The van der Waals surface area contributed by atoms with Gasteiger partial charge in [0.2, 0.25) is 0 Å². The number of rotatable bonds is 9. The maximum absolute atomic E-state index is 12.4. The number of hydrogen-bond donors (Lipinski definition) is 0. The van der Waals surface area contributed by atoms with Crippen molar-refractivity contribution in [1.82, 2.24) is 0 Å². The van der Waals surface area contributed by atoms with Gasteiger partial charge in [-0.1, -0.05) is 0 Å². The summed E-state index contributed by atoms with van der Waals surface area (Å²) in [5.74, 6) is 0. The fourth-order valence-corrected chi connectivity index (χ4v) is 8.47.